The fourth-order valence-electron chi connectivity index (χ4n) is 3.54. The summed E-state index contributed by atoms with van der Waals surface area (Å²) >= 11 is 0. The van der Waals surface area contributed by atoms with E-state index in [2.05, 4.69) is 15.4 Å². The Hall–Kier alpha value is -2.90. The number of nitrogens with zero attached hydrogens (tertiary/aromatic N) is 3. The Kier molecular flexibility index (Phi) is 4.80. The summed E-state index contributed by atoms with van der Waals surface area (Å²) in [6, 6.07) is 10.4. The van der Waals surface area contributed by atoms with E-state index in [4.69, 9.17) is 0 Å². The number of carbonyl (C=O) groups is 1. The van der Waals surface area contributed by atoms with Crippen molar-refractivity contribution < 1.29 is 18.0 Å². The van der Waals surface area contributed by atoms with Crippen molar-refractivity contribution in [2.24, 2.45) is 0 Å². The fraction of sp³-hybridized carbons (Fsp3) is 0.381. The van der Waals surface area contributed by atoms with Gasteiger partial charge in [-0.3, -0.25) is 4.79 Å². The van der Waals surface area contributed by atoms with Crippen LogP contribution in [-0.2, 0) is 17.5 Å². The van der Waals surface area contributed by atoms with Crippen molar-refractivity contribution >= 4 is 16.9 Å². The molecule has 0 unspecified atom stereocenters. The summed E-state index contributed by atoms with van der Waals surface area (Å²) in [4.78, 5) is 17.0. The summed E-state index contributed by atoms with van der Waals surface area (Å²) in [6.07, 6.45) is -2.84. The Morgan fingerprint density at radius 2 is 1.97 bits per heavy atom. The number of hydrogen-bond donors (Lipinski definition) is 1. The van der Waals surface area contributed by atoms with Crippen molar-refractivity contribution in [1.29, 1.82) is 0 Å². The van der Waals surface area contributed by atoms with Crippen molar-refractivity contribution in [3.63, 3.8) is 0 Å². The number of amides is 1. The van der Waals surface area contributed by atoms with Gasteiger partial charge in [-0.2, -0.15) is 18.3 Å². The number of pyridine rings is 1. The summed E-state index contributed by atoms with van der Waals surface area (Å²) in [5.74, 6) is -0.283. The van der Waals surface area contributed by atoms with Gasteiger partial charge in [0.2, 0.25) is 5.91 Å². The van der Waals surface area contributed by atoms with Crippen LogP contribution >= 0.6 is 0 Å². The number of fused-ring (bicyclic) bond motifs is 1. The second-order valence-electron chi connectivity index (χ2n) is 7.51. The summed E-state index contributed by atoms with van der Waals surface area (Å²) in [5.41, 5.74) is 0.957. The molecule has 1 aliphatic rings. The Morgan fingerprint density at radius 3 is 2.59 bits per heavy atom. The first-order chi connectivity index (χ1) is 13.7. The molecule has 1 atom stereocenters. The molecule has 0 radical (unpaired) electrons. The lowest BCUT2D eigenvalue weighted by molar-refractivity contribution is -0.136. The zero-order valence-corrected chi connectivity index (χ0v) is 16.1. The molecule has 0 aliphatic heterocycles. The summed E-state index contributed by atoms with van der Waals surface area (Å²) < 4.78 is 42.2. The third-order valence-corrected chi connectivity index (χ3v) is 5.17. The van der Waals surface area contributed by atoms with E-state index in [-0.39, 0.29) is 41.1 Å². The highest BCUT2D eigenvalue weighted by molar-refractivity contribution is 5.85. The predicted octanol–water partition coefficient (Wildman–Crippen LogP) is 4.51. The number of aryl methyl sites for hydroxylation is 1. The number of benzene rings is 1. The van der Waals surface area contributed by atoms with Gasteiger partial charge < -0.3 is 5.32 Å². The summed E-state index contributed by atoms with van der Waals surface area (Å²) in [7, 11) is 0. The second-order valence-corrected chi connectivity index (χ2v) is 7.51. The molecule has 1 aromatic carbocycles. The molecule has 8 heteroatoms. The van der Waals surface area contributed by atoms with Crippen LogP contribution in [0.5, 0.6) is 0 Å². The summed E-state index contributed by atoms with van der Waals surface area (Å²) in [6.45, 7) is 3.17. The standard InChI is InChI=1S/C21H21F3N4O/c1-12(14-6-4-3-5-7-14)25-18(29)11-28-20-19(13(2)27-28)16(21(22,23)24)10-17(26-20)15-8-9-15/h3-7,10,12,15H,8-9,11H2,1-2H3,(H,25,29)/t12-/m1/s1. The topological polar surface area (TPSA) is 59.8 Å². The zero-order valence-electron chi connectivity index (χ0n) is 16.1. The van der Waals surface area contributed by atoms with Crippen LogP contribution in [-0.4, -0.2) is 20.7 Å². The Morgan fingerprint density at radius 1 is 1.28 bits per heavy atom. The van der Waals surface area contributed by atoms with Crippen LogP contribution in [0.2, 0.25) is 0 Å². The van der Waals surface area contributed by atoms with Crippen LogP contribution in [0.4, 0.5) is 13.2 Å². The highest BCUT2D eigenvalue weighted by atomic mass is 19.4. The van der Waals surface area contributed by atoms with Gasteiger partial charge in [-0.15, -0.1) is 0 Å². The van der Waals surface area contributed by atoms with Crippen molar-refractivity contribution in [2.45, 2.75) is 51.4 Å². The molecular formula is C21H21F3N4O. The minimum atomic E-state index is -4.51. The second kappa shape index (κ2) is 7.17. The smallest absolute Gasteiger partial charge is 0.348 e. The maximum atomic E-state index is 13.6. The van der Waals surface area contributed by atoms with Crippen LogP contribution in [0.25, 0.3) is 11.0 Å². The molecule has 1 fully saturated rings. The van der Waals surface area contributed by atoms with Gasteiger partial charge in [0, 0.05) is 11.6 Å². The average molecular weight is 402 g/mol. The van der Waals surface area contributed by atoms with Crippen LogP contribution in [0.3, 0.4) is 0 Å². The molecule has 1 amide bonds. The lowest BCUT2D eigenvalue weighted by Crippen LogP contribution is -2.30. The molecule has 2 heterocycles. The van der Waals surface area contributed by atoms with Crippen LogP contribution in [0, 0.1) is 6.92 Å². The van der Waals surface area contributed by atoms with E-state index in [9.17, 15) is 18.0 Å². The third kappa shape index (κ3) is 3.97. The van der Waals surface area contributed by atoms with Gasteiger partial charge in [-0.05, 0) is 38.3 Å². The number of nitrogens with one attached hydrogen (secondary N) is 1. The Balaban J connectivity index is 1.65. The van der Waals surface area contributed by atoms with E-state index < -0.39 is 11.7 Å². The maximum absolute atomic E-state index is 13.6. The Labute approximate surface area is 165 Å². The molecule has 0 bridgehead atoms. The van der Waals surface area contributed by atoms with E-state index in [1.165, 1.54) is 11.6 Å². The van der Waals surface area contributed by atoms with Crippen LogP contribution in [0.15, 0.2) is 36.4 Å². The highest BCUT2D eigenvalue weighted by Gasteiger charge is 2.37. The van der Waals surface area contributed by atoms with E-state index in [1.807, 2.05) is 37.3 Å². The molecule has 1 saturated carbocycles. The molecule has 4 rings (SSSR count). The van der Waals surface area contributed by atoms with E-state index in [1.54, 1.807) is 0 Å². The number of hydrogen-bond acceptors (Lipinski definition) is 3. The van der Waals surface area contributed by atoms with Gasteiger partial charge >= 0.3 is 6.18 Å². The lowest BCUT2D eigenvalue weighted by atomic mass is 10.1. The number of carbonyl (C=O) groups excluding carboxylic acids is 1. The van der Waals surface area contributed by atoms with Crippen molar-refractivity contribution in [2.75, 3.05) is 0 Å². The van der Waals surface area contributed by atoms with Crippen molar-refractivity contribution in [3.05, 3.63) is 58.9 Å². The number of aromatic nitrogens is 3. The first-order valence-electron chi connectivity index (χ1n) is 9.53. The van der Waals surface area contributed by atoms with Gasteiger partial charge in [0.15, 0.2) is 5.65 Å². The minimum absolute atomic E-state index is 0.0363. The fourth-order valence-corrected chi connectivity index (χ4v) is 3.54. The molecule has 1 aliphatic carbocycles. The lowest BCUT2D eigenvalue weighted by Gasteiger charge is -2.15. The van der Waals surface area contributed by atoms with Gasteiger partial charge in [-0.25, -0.2) is 9.67 Å². The van der Waals surface area contributed by atoms with Gasteiger partial charge in [0.05, 0.1) is 22.7 Å². The molecule has 0 spiro atoms. The first-order valence-corrected chi connectivity index (χ1v) is 9.53. The van der Waals surface area contributed by atoms with Gasteiger partial charge in [0.25, 0.3) is 0 Å². The number of alkyl halides is 3. The molecule has 152 valence electrons. The quantitative estimate of drug-likeness (QED) is 0.683. The van der Waals surface area contributed by atoms with Gasteiger partial charge in [-0.1, -0.05) is 30.3 Å². The first kappa shape index (κ1) is 19.4. The van der Waals surface area contributed by atoms with Crippen LogP contribution < -0.4 is 5.32 Å². The molecule has 1 N–H and O–H groups in total. The molecule has 3 aromatic rings. The Bertz CT molecular complexity index is 1060. The molecular weight excluding hydrogens is 381 g/mol. The molecule has 0 saturated heterocycles. The minimum Gasteiger partial charge on any atom is -0.348 e. The highest BCUT2D eigenvalue weighted by Crippen LogP contribution is 2.43. The normalized spacial score (nSPS) is 15.5. The zero-order chi connectivity index (χ0) is 20.8. The third-order valence-electron chi connectivity index (χ3n) is 5.17. The largest absolute Gasteiger partial charge is 0.417 e. The monoisotopic (exact) mass is 402 g/mol. The van der Waals surface area contributed by atoms with Gasteiger partial charge in [0.1, 0.15) is 6.54 Å². The average Bonchev–Trinajstić information content (AvgIpc) is 3.47. The molecule has 5 nitrogen and oxygen atoms in total. The maximum Gasteiger partial charge on any atom is 0.417 e. The van der Waals surface area contributed by atoms with Crippen molar-refractivity contribution in [3.8, 4) is 0 Å². The van der Waals surface area contributed by atoms with E-state index in [0.29, 0.717) is 5.69 Å². The SMILES string of the molecule is Cc1nn(CC(=O)N[C@H](C)c2ccccc2)c2nc(C3CC3)cc(C(F)(F)F)c12. The van der Waals surface area contributed by atoms with E-state index in [0.717, 1.165) is 24.5 Å². The molecule has 29 heavy (non-hydrogen) atoms. The van der Waals surface area contributed by atoms with Crippen molar-refractivity contribution in [1.82, 2.24) is 20.1 Å². The number of rotatable bonds is 5. The molecule has 2 aromatic heterocycles. The summed E-state index contributed by atoms with van der Waals surface area (Å²) in [5, 5.41) is 7.03. The predicted molar refractivity (Wildman–Crippen MR) is 102 cm³/mol. The van der Waals surface area contributed by atoms with Crippen LogP contribution in [0.1, 0.15) is 54.2 Å². The van der Waals surface area contributed by atoms with E-state index >= 15 is 0 Å². The number of halogens is 3.